The zero-order valence-corrected chi connectivity index (χ0v) is 34.3. The van der Waals surface area contributed by atoms with Crippen LogP contribution in [0, 0.1) is 5.92 Å². The van der Waals surface area contributed by atoms with Gasteiger partial charge >= 0.3 is 0 Å². The highest BCUT2D eigenvalue weighted by Gasteiger charge is 2.48. The summed E-state index contributed by atoms with van der Waals surface area (Å²) >= 11 is 0. The molecule has 2 unspecified atom stereocenters. The molecule has 7 rings (SSSR count). The average molecular weight is 738 g/mol. The Kier molecular flexibility index (Phi) is 17.2. The molecule has 0 fully saturated rings. The third kappa shape index (κ3) is 9.83. The fraction of sp³-hybridized carbons (Fsp3) is 0.226. The number of aliphatic imine (C=N–C) groups is 3. The van der Waals surface area contributed by atoms with Crippen molar-refractivity contribution >= 4 is 19.3 Å². The Bertz CT molecular complexity index is 2130. The molecule has 0 N–H and O–H groups in total. The van der Waals surface area contributed by atoms with E-state index in [9.17, 15) is 0 Å². The molecular formula is C53H59N3. The number of hydrogen-bond donors (Lipinski definition) is 0. The van der Waals surface area contributed by atoms with Crippen molar-refractivity contribution in [2.24, 2.45) is 20.9 Å². The minimum atomic E-state index is -0.201. The van der Waals surface area contributed by atoms with Crippen LogP contribution in [0.4, 0.5) is 0 Å². The molecule has 56 heavy (non-hydrogen) atoms. The second-order valence-corrected chi connectivity index (χ2v) is 13.1. The van der Waals surface area contributed by atoms with E-state index < -0.39 is 0 Å². The molecule has 0 aliphatic heterocycles. The molecule has 1 aliphatic rings. The van der Waals surface area contributed by atoms with Crippen LogP contribution in [0.2, 0.25) is 0 Å². The normalized spacial score (nSPS) is 14.4. The number of amidine groups is 1. The number of fused-ring (bicyclic) bond motifs is 3. The lowest BCUT2D eigenvalue weighted by Crippen LogP contribution is -2.35. The lowest BCUT2D eigenvalue weighted by Gasteiger charge is -2.39. The monoisotopic (exact) mass is 737 g/mol. The SMILES string of the molecule is C=NC(=NCc1ccccc1)c1ccccc1.C=NCc1ccc(-c2ccc3c(c2)-c2ccccc2C3(c2ccccc2)C(/C=C\C)CCC)cc1.CC.CC. The largest absolute Gasteiger partial charge is 0.296 e. The van der Waals surface area contributed by atoms with Gasteiger partial charge in [0.1, 0.15) is 0 Å². The van der Waals surface area contributed by atoms with Crippen LogP contribution >= 0.6 is 0 Å². The van der Waals surface area contributed by atoms with Crippen molar-refractivity contribution in [3.05, 3.63) is 203 Å². The van der Waals surface area contributed by atoms with Gasteiger partial charge in [0.25, 0.3) is 0 Å². The first-order chi connectivity index (χ1) is 27.6. The highest BCUT2D eigenvalue weighted by Crippen LogP contribution is 2.58. The van der Waals surface area contributed by atoms with Crippen LogP contribution in [-0.2, 0) is 18.5 Å². The van der Waals surface area contributed by atoms with Crippen molar-refractivity contribution in [3.8, 4) is 22.3 Å². The van der Waals surface area contributed by atoms with Gasteiger partial charge in [-0.2, -0.15) is 0 Å². The molecule has 0 saturated heterocycles. The van der Waals surface area contributed by atoms with Crippen LogP contribution in [0.5, 0.6) is 0 Å². The van der Waals surface area contributed by atoms with E-state index >= 15 is 0 Å². The van der Waals surface area contributed by atoms with Gasteiger partial charge in [0, 0.05) is 5.56 Å². The molecule has 0 heterocycles. The van der Waals surface area contributed by atoms with Crippen molar-refractivity contribution in [1.82, 2.24) is 0 Å². The summed E-state index contributed by atoms with van der Waals surface area (Å²) < 4.78 is 0. The molecule has 3 nitrogen and oxygen atoms in total. The zero-order chi connectivity index (χ0) is 40.2. The van der Waals surface area contributed by atoms with E-state index in [2.05, 4.69) is 164 Å². The first kappa shape index (κ1) is 42.8. The van der Waals surface area contributed by atoms with Crippen molar-refractivity contribution in [3.63, 3.8) is 0 Å². The van der Waals surface area contributed by atoms with Gasteiger partial charge in [0.15, 0.2) is 5.84 Å². The number of nitrogens with zero attached hydrogens (tertiary/aromatic N) is 3. The van der Waals surface area contributed by atoms with Crippen LogP contribution in [-0.4, -0.2) is 19.3 Å². The summed E-state index contributed by atoms with van der Waals surface area (Å²) in [5.74, 6) is 1.06. The predicted molar refractivity (Wildman–Crippen MR) is 245 cm³/mol. The van der Waals surface area contributed by atoms with Gasteiger partial charge < -0.3 is 0 Å². The summed E-state index contributed by atoms with van der Waals surface area (Å²) in [4.78, 5) is 12.5. The summed E-state index contributed by atoms with van der Waals surface area (Å²) in [6, 6.07) is 56.0. The highest BCUT2D eigenvalue weighted by atomic mass is 14.9. The third-order valence-corrected chi connectivity index (χ3v) is 9.91. The second kappa shape index (κ2) is 22.4. The Hall–Kier alpha value is -5.93. The number of rotatable bonds is 11. The minimum absolute atomic E-state index is 0.201. The molecule has 6 aromatic carbocycles. The van der Waals surface area contributed by atoms with E-state index in [4.69, 9.17) is 0 Å². The number of benzene rings is 6. The minimum Gasteiger partial charge on any atom is -0.296 e. The van der Waals surface area contributed by atoms with Crippen molar-refractivity contribution < 1.29 is 0 Å². The van der Waals surface area contributed by atoms with Crippen molar-refractivity contribution in [2.45, 2.75) is 72.9 Å². The van der Waals surface area contributed by atoms with Crippen molar-refractivity contribution in [1.29, 1.82) is 0 Å². The Morgan fingerprint density at radius 2 is 1.16 bits per heavy atom. The molecule has 0 spiro atoms. The molecular weight excluding hydrogens is 679 g/mol. The molecule has 0 radical (unpaired) electrons. The molecule has 1 aliphatic carbocycles. The molecule has 2 atom stereocenters. The van der Waals surface area contributed by atoms with Gasteiger partial charge in [0.05, 0.1) is 18.5 Å². The smallest absolute Gasteiger partial charge is 0.154 e. The molecule has 286 valence electrons. The maximum Gasteiger partial charge on any atom is 0.154 e. The molecule has 0 saturated carbocycles. The van der Waals surface area contributed by atoms with E-state index in [0.717, 1.165) is 18.4 Å². The fourth-order valence-electron chi connectivity index (χ4n) is 7.62. The summed E-state index contributed by atoms with van der Waals surface area (Å²) in [5.41, 5.74) is 12.5. The highest BCUT2D eigenvalue weighted by molar-refractivity contribution is 6.01. The number of hydrogen-bond acceptors (Lipinski definition) is 2. The topological polar surface area (TPSA) is 37.1 Å². The molecule has 0 aromatic heterocycles. The van der Waals surface area contributed by atoms with Crippen LogP contribution in [0.3, 0.4) is 0 Å². The summed E-state index contributed by atoms with van der Waals surface area (Å²) in [7, 11) is 0. The first-order valence-corrected chi connectivity index (χ1v) is 20.2. The van der Waals surface area contributed by atoms with E-state index in [1.165, 1.54) is 50.1 Å². The quantitative estimate of drug-likeness (QED) is 0.0721. The van der Waals surface area contributed by atoms with E-state index in [1.807, 2.05) is 76.2 Å². The van der Waals surface area contributed by atoms with Gasteiger partial charge in [-0.05, 0) is 88.8 Å². The Labute approximate surface area is 337 Å². The Balaban J connectivity index is 0.000000278. The summed E-state index contributed by atoms with van der Waals surface area (Å²) in [5, 5.41) is 0. The molecule has 6 aromatic rings. The molecule has 0 amide bonds. The first-order valence-electron chi connectivity index (χ1n) is 20.2. The molecule has 0 bridgehead atoms. The Morgan fingerprint density at radius 1 is 0.607 bits per heavy atom. The van der Waals surface area contributed by atoms with Crippen molar-refractivity contribution in [2.75, 3.05) is 0 Å². The summed E-state index contributed by atoms with van der Waals surface area (Å²) in [6.45, 7) is 20.9. The van der Waals surface area contributed by atoms with E-state index in [-0.39, 0.29) is 5.41 Å². The van der Waals surface area contributed by atoms with Gasteiger partial charge in [0.2, 0.25) is 0 Å². The fourth-order valence-corrected chi connectivity index (χ4v) is 7.62. The van der Waals surface area contributed by atoms with Gasteiger partial charge in [-0.3, -0.25) is 9.98 Å². The zero-order valence-electron chi connectivity index (χ0n) is 34.3. The van der Waals surface area contributed by atoms with Gasteiger partial charge in [-0.25, -0.2) is 4.99 Å². The van der Waals surface area contributed by atoms with Crippen LogP contribution in [0.1, 0.15) is 87.8 Å². The Morgan fingerprint density at radius 3 is 1.77 bits per heavy atom. The van der Waals surface area contributed by atoms with E-state index in [1.54, 1.807) is 0 Å². The third-order valence-electron chi connectivity index (χ3n) is 9.91. The van der Waals surface area contributed by atoms with Crippen LogP contribution in [0.25, 0.3) is 22.3 Å². The van der Waals surface area contributed by atoms with E-state index in [0.29, 0.717) is 24.8 Å². The van der Waals surface area contributed by atoms with Gasteiger partial charge in [-0.1, -0.05) is 205 Å². The molecule has 3 heteroatoms. The predicted octanol–water partition coefficient (Wildman–Crippen LogP) is 14.2. The number of allylic oxidation sites excluding steroid dienone is 2. The maximum atomic E-state index is 4.47. The lowest BCUT2D eigenvalue weighted by atomic mass is 9.62. The standard InChI is InChI=1S/C34H33N.C15H14N2.2C2H6/c1-4-11-28(12-5-2)34(29-13-7-6-8-14-29)32-16-10-9-15-30(32)31-23-27(21-22-33(31)34)26-19-17-25(18-20-26)24-35-3;1-16-15(14-10-6-3-7-11-14)17-12-13-8-4-2-5-9-13;2*1-2/h4,6-11,13-23,28H,3,5,12,24H2,1-2H3;2-11H,1,12H2;2*1-2H3/b11-4-;;;. The van der Waals surface area contributed by atoms with Crippen LogP contribution < -0.4 is 0 Å². The maximum absolute atomic E-state index is 4.47. The lowest BCUT2D eigenvalue weighted by molar-refractivity contribution is 0.423. The second-order valence-electron chi connectivity index (χ2n) is 13.1. The average Bonchev–Trinajstić information content (AvgIpc) is 3.57. The summed E-state index contributed by atoms with van der Waals surface area (Å²) in [6.07, 6.45) is 6.95. The van der Waals surface area contributed by atoms with Gasteiger partial charge in [-0.15, -0.1) is 0 Å². The van der Waals surface area contributed by atoms with Crippen LogP contribution in [0.15, 0.2) is 185 Å².